The fourth-order valence-electron chi connectivity index (χ4n) is 3.30. The van der Waals surface area contributed by atoms with Crippen LogP contribution in [0, 0.1) is 5.92 Å². The molecule has 0 bridgehead atoms. The van der Waals surface area contributed by atoms with Gasteiger partial charge >= 0.3 is 0 Å². The van der Waals surface area contributed by atoms with Crippen molar-refractivity contribution in [3.63, 3.8) is 0 Å². The van der Waals surface area contributed by atoms with E-state index < -0.39 is 5.92 Å². The van der Waals surface area contributed by atoms with Gasteiger partial charge in [-0.1, -0.05) is 20.8 Å². The van der Waals surface area contributed by atoms with Crippen molar-refractivity contribution in [3.8, 4) is 11.5 Å². The zero-order valence-corrected chi connectivity index (χ0v) is 17.8. The molecule has 0 aliphatic carbocycles. The summed E-state index contributed by atoms with van der Waals surface area (Å²) in [5, 5.41) is 7.39. The van der Waals surface area contributed by atoms with Crippen LogP contribution < -0.4 is 19.7 Å². The first-order valence-electron chi connectivity index (χ1n) is 9.51. The van der Waals surface area contributed by atoms with E-state index in [1.807, 2.05) is 6.07 Å². The topological polar surface area (TPSA) is 85.7 Å². The number of carbonyl (C=O) groups excluding carboxylic acids is 2. The van der Waals surface area contributed by atoms with Crippen molar-refractivity contribution < 1.29 is 19.1 Å². The number of hydrogen-bond donors (Lipinski definition) is 1. The molecule has 0 unspecified atom stereocenters. The van der Waals surface area contributed by atoms with Crippen molar-refractivity contribution in [2.75, 3.05) is 31.0 Å². The standard InChI is InChI=1S/C21H28N4O4/c1-21(2,3)17-11-18(24(4)23-17)22-20(27)13-9-19(26)25(12-13)15-10-14(28-5)7-8-16(15)29-6/h7-8,10-11,13H,9,12H2,1-6H3,(H,22,27)/t13-/m1/s1. The highest BCUT2D eigenvalue weighted by Gasteiger charge is 2.37. The number of carbonyl (C=O) groups is 2. The first-order chi connectivity index (χ1) is 13.6. The summed E-state index contributed by atoms with van der Waals surface area (Å²) < 4.78 is 12.3. The van der Waals surface area contributed by atoms with Gasteiger partial charge in [0.2, 0.25) is 11.8 Å². The maximum atomic E-state index is 12.8. The molecule has 2 aromatic rings. The van der Waals surface area contributed by atoms with Crippen molar-refractivity contribution >= 4 is 23.3 Å². The summed E-state index contributed by atoms with van der Waals surface area (Å²) in [7, 11) is 4.90. The van der Waals surface area contributed by atoms with E-state index in [2.05, 4.69) is 31.2 Å². The van der Waals surface area contributed by atoms with Gasteiger partial charge in [-0.3, -0.25) is 14.3 Å². The molecule has 2 amide bonds. The second-order valence-corrected chi connectivity index (χ2v) is 8.22. The molecule has 29 heavy (non-hydrogen) atoms. The van der Waals surface area contributed by atoms with Crippen LogP contribution in [-0.2, 0) is 22.1 Å². The van der Waals surface area contributed by atoms with Crippen LogP contribution in [0.2, 0.25) is 0 Å². The lowest BCUT2D eigenvalue weighted by Crippen LogP contribution is -2.28. The maximum absolute atomic E-state index is 12.8. The van der Waals surface area contributed by atoms with E-state index >= 15 is 0 Å². The number of anilines is 2. The second-order valence-electron chi connectivity index (χ2n) is 8.22. The molecule has 1 fully saturated rings. The molecule has 156 valence electrons. The third-order valence-corrected chi connectivity index (χ3v) is 5.07. The Bertz CT molecular complexity index is 929. The first kappa shape index (κ1) is 20.7. The summed E-state index contributed by atoms with van der Waals surface area (Å²) in [4.78, 5) is 27.1. The number of hydrogen-bond acceptors (Lipinski definition) is 5. The quantitative estimate of drug-likeness (QED) is 0.834. The largest absolute Gasteiger partial charge is 0.497 e. The Morgan fingerprint density at radius 3 is 2.52 bits per heavy atom. The smallest absolute Gasteiger partial charge is 0.230 e. The number of nitrogens with zero attached hydrogens (tertiary/aromatic N) is 3. The molecule has 0 saturated carbocycles. The number of rotatable bonds is 5. The van der Waals surface area contributed by atoms with E-state index in [1.165, 1.54) is 0 Å². The molecule has 1 saturated heterocycles. The number of ether oxygens (including phenoxy) is 2. The van der Waals surface area contributed by atoms with E-state index in [1.54, 1.807) is 49.0 Å². The highest BCUT2D eigenvalue weighted by atomic mass is 16.5. The molecule has 1 aromatic heterocycles. The predicted octanol–water partition coefficient (Wildman–Crippen LogP) is 2.73. The molecule has 3 rings (SSSR count). The van der Waals surface area contributed by atoms with Crippen molar-refractivity contribution in [1.29, 1.82) is 0 Å². The van der Waals surface area contributed by atoms with Gasteiger partial charge in [-0.25, -0.2) is 0 Å². The number of methoxy groups -OCH3 is 2. The van der Waals surface area contributed by atoms with Gasteiger partial charge < -0.3 is 19.7 Å². The maximum Gasteiger partial charge on any atom is 0.230 e. The summed E-state index contributed by atoms with van der Waals surface area (Å²) in [6.07, 6.45) is 0.135. The molecule has 1 aliphatic rings. The van der Waals surface area contributed by atoms with Crippen LogP contribution in [0.1, 0.15) is 32.9 Å². The number of benzene rings is 1. The van der Waals surface area contributed by atoms with Gasteiger partial charge in [0.15, 0.2) is 0 Å². The molecule has 1 atom stereocenters. The van der Waals surface area contributed by atoms with Crippen LogP contribution in [0.3, 0.4) is 0 Å². The zero-order chi connectivity index (χ0) is 21.3. The van der Waals surface area contributed by atoms with Gasteiger partial charge in [0.1, 0.15) is 17.3 Å². The lowest BCUT2D eigenvalue weighted by molar-refractivity contribution is -0.122. The van der Waals surface area contributed by atoms with E-state index in [-0.39, 0.29) is 30.2 Å². The normalized spacial score (nSPS) is 16.8. The minimum Gasteiger partial charge on any atom is -0.497 e. The Hall–Kier alpha value is -3.03. The first-order valence-corrected chi connectivity index (χ1v) is 9.51. The van der Waals surface area contributed by atoms with Crippen LogP contribution in [0.4, 0.5) is 11.5 Å². The summed E-state index contributed by atoms with van der Waals surface area (Å²) in [6.45, 7) is 6.47. The Labute approximate surface area is 170 Å². The second kappa shape index (κ2) is 7.77. The van der Waals surface area contributed by atoms with E-state index in [4.69, 9.17) is 9.47 Å². The fourth-order valence-corrected chi connectivity index (χ4v) is 3.30. The van der Waals surface area contributed by atoms with Crippen LogP contribution in [0.15, 0.2) is 24.3 Å². The Morgan fingerprint density at radius 1 is 1.21 bits per heavy atom. The molecule has 1 aliphatic heterocycles. The monoisotopic (exact) mass is 400 g/mol. The van der Waals surface area contributed by atoms with Crippen molar-refractivity contribution in [1.82, 2.24) is 9.78 Å². The number of aryl methyl sites for hydroxylation is 1. The van der Waals surface area contributed by atoms with Gasteiger partial charge in [-0.2, -0.15) is 5.10 Å². The van der Waals surface area contributed by atoms with Gasteiger partial charge in [0.25, 0.3) is 0 Å². The molecule has 0 spiro atoms. The number of amides is 2. The molecule has 8 heteroatoms. The lowest BCUT2D eigenvalue weighted by atomic mass is 9.92. The third kappa shape index (κ3) is 4.21. The van der Waals surface area contributed by atoms with Gasteiger partial charge in [-0.05, 0) is 12.1 Å². The number of nitrogens with one attached hydrogen (secondary N) is 1. The molecule has 2 heterocycles. The van der Waals surface area contributed by atoms with Crippen LogP contribution in [0.5, 0.6) is 11.5 Å². The summed E-state index contributed by atoms with van der Waals surface area (Å²) in [5.74, 6) is 0.993. The van der Waals surface area contributed by atoms with E-state index in [9.17, 15) is 9.59 Å². The Balaban J connectivity index is 1.77. The van der Waals surface area contributed by atoms with Crippen LogP contribution in [0.25, 0.3) is 0 Å². The van der Waals surface area contributed by atoms with E-state index in [0.717, 1.165) is 5.69 Å². The predicted molar refractivity (Wildman–Crippen MR) is 111 cm³/mol. The molecular weight excluding hydrogens is 372 g/mol. The summed E-state index contributed by atoms with van der Waals surface area (Å²) in [6, 6.07) is 7.13. The van der Waals surface area contributed by atoms with Gasteiger partial charge in [0, 0.05) is 37.6 Å². The lowest BCUT2D eigenvalue weighted by Gasteiger charge is -2.20. The van der Waals surface area contributed by atoms with Crippen molar-refractivity contribution in [3.05, 3.63) is 30.0 Å². The zero-order valence-electron chi connectivity index (χ0n) is 17.8. The molecule has 1 N–H and O–H groups in total. The Morgan fingerprint density at radius 2 is 1.93 bits per heavy atom. The Kier molecular flexibility index (Phi) is 5.55. The summed E-state index contributed by atoms with van der Waals surface area (Å²) >= 11 is 0. The fraction of sp³-hybridized carbons (Fsp3) is 0.476. The van der Waals surface area contributed by atoms with Gasteiger partial charge in [-0.15, -0.1) is 0 Å². The minimum absolute atomic E-state index is 0.121. The van der Waals surface area contributed by atoms with Crippen LogP contribution in [-0.4, -0.2) is 42.4 Å². The average Bonchev–Trinajstić information content (AvgIpc) is 3.24. The van der Waals surface area contributed by atoms with Crippen LogP contribution >= 0.6 is 0 Å². The molecule has 1 aromatic carbocycles. The minimum atomic E-state index is -0.466. The summed E-state index contributed by atoms with van der Waals surface area (Å²) in [5.41, 5.74) is 1.37. The van der Waals surface area contributed by atoms with Crippen molar-refractivity contribution in [2.45, 2.75) is 32.6 Å². The number of aromatic nitrogens is 2. The highest BCUT2D eigenvalue weighted by molar-refractivity contribution is 6.04. The van der Waals surface area contributed by atoms with Crippen molar-refractivity contribution in [2.24, 2.45) is 13.0 Å². The SMILES string of the molecule is COc1ccc(OC)c(N2C[C@H](C(=O)Nc3cc(C(C)(C)C)nn3C)CC2=O)c1. The highest BCUT2D eigenvalue weighted by Crippen LogP contribution is 2.36. The molecule has 0 radical (unpaired) electrons. The molecular formula is C21H28N4O4. The molecule has 8 nitrogen and oxygen atoms in total. The van der Waals surface area contributed by atoms with Gasteiger partial charge in [0.05, 0.1) is 31.5 Å². The van der Waals surface area contributed by atoms with E-state index in [0.29, 0.717) is 23.0 Å². The third-order valence-electron chi connectivity index (χ3n) is 5.07. The average molecular weight is 400 g/mol.